The largest absolute Gasteiger partial charge is 0.497 e. The maximum Gasteiger partial charge on any atom is 0.303 e. The summed E-state index contributed by atoms with van der Waals surface area (Å²) >= 11 is 0. The number of hydrogen-bond donors (Lipinski definition) is 3. The number of nitrogens with zero attached hydrogens (tertiary/aromatic N) is 1. The van der Waals surface area contributed by atoms with Crippen molar-refractivity contribution in [3.05, 3.63) is 53.6 Å². The second kappa shape index (κ2) is 24.7. The van der Waals surface area contributed by atoms with Gasteiger partial charge in [-0.05, 0) is 99.8 Å². The fraction of sp³-hybridized carbons (Fsp3) is 0.600. The van der Waals surface area contributed by atoms with Gasteiger partial charge in [0, 0.05) is 32.0 Å². The van der Waals surface area contributed by atoms with E-state index in [1.54, 1.807) is 12.1 Å². The van der Waals surface area contributed by atoms with Crippen LogP contribution in [0.2, 0.25) is 0 Å². The predicted molar refractivity (Wildman–Crippen MR) is 180 cm³/mol. The van der Waals surface area contributed by atoms with Crippen LogP contribution >= 0.6 is 0 Å². The number of carbonyl (C=O) groups is 2. The fourth-order valence-corrected chi connectivity index (χ4v) is 5.18. The molecule has 3 N–H and O–H groups in total. The number of piperidine rings is 2. The molecule has 264 valence electrons. The lowest BCUT2D eigenvalue weighted by atomic mass is 9.93. The van der Waals surface area contributed by atoms with Crippen LogP contribution in [0.15, 0.2) is 36.4 Å². The molecule has 2 aliphatic rings. The number of likely N-dealkylation sites (tertiary alicyclic amines) is 1. The summed E-state index contributed by atoms with van der Waals surface area (Å²) in [4.78, 5) is 23.2. The number of ether oxygens (including phenoxy) is 3. The minimum atomic E-state index is -0.726. The highest BCUT2D eigenvalue weighted by Crippen LogP contribution is 2.25. The molecule has 46 heavy (non-hydrogen) atoms. The Morgan fingerprint density at radius 1 is 0.826 bits per heavy atom. The Hall–Kier alpha value is -3.44. The summed E-state index contributed by atoms with van der Waals surface area (Å²) in [5.41, 5.74) is 1.02. The van der Waals surface area contributed by atoms with Gasteiger partial charge < -0.3 is 29.7 Å². The molecule has 11 heteroatoms. The third-order valence-electron chi connectivity index (χ3n) is 7.51. The molecule has 0 spiro atoms. The van der Waals surface area contributed by atoms with Crippen molar-refractivity contribution in [2.24, 2.45) is 11.8 Å². The van der Waals surface area contributed by atoms with E-state index < -0.39 is 11.9 Å². The number of halogens is 2. The molecule has 2 aromatic carbocycles. The van der Waals surface area contributed by atoms with Gasteiger partial charge in [0.15, 0.2) is 23.1 Å². The van der Waals surface area contributed by atoms with E-state index in [-0.39, 0.29) is 51.8 Å². The number of nitrogens with one attached hydrogen (secondary N) is 1. The lowest BCUT2D eigenvalue weighted by Gasteiger charge is -2.32. The van der Waals surface area contributed by atoms with Crippen LogP contribution in [-0.2, 0) is 16.1 Å². The van der Waals surface area contributed by atoms with Crippen LogP contribution in [0, 0.1) is 23.5 Å². The monoisotopic (exact) mass is 656 g/mol. The zero-order valence-corrected chi connectivity index (χ0v) is 25.5. The minimum absolute atomic E-state index is 0. The Morgan fingerprint density at radius 2 is 1.39 bits per heavy atom. The van der Waals surface area contributed by atoms with E-state index in [0.717, 1.165) is 64.0 Å². The first kappa shape index (κ1) is 44.7. The molecule has 0 radical (unpaired) electrons. The summed E-state index contributed by atoms with van der Waals surface area (Å²) in [6.45, 7) is 4.77. The summed E-state index contributed by atoms with van der Waals surface area (Å²) in [6.07, 6.45) is 6.71. The molecule has 4 rings (SSSR count). The van der Waals surface area contributed by atoms with Crippen molar-refractivity contribution in [2.45, 2.75) is 80.2 Å². The normalized spacial score (nSPS) is 17.1. The van der Waals surface area contributed by atoms with Gasteiger partial charge in [0.1, 0.15) is 5.75 Å². The maximum atomic E-state index is 13.4. The van der Waals surface area contributed by atoms with Crippen molar-refractivity contribution in [3.63, 3.8) is 0 Å². The molecular formula is C35H58F2N2O7. The molecule has 0 bridgehead atoms. The van der Waals surface area contributed by atoms with Crippen LogP contribution < -0.4 is 19.5 Å². The summed E-state index contributed by atoms with van der Waals surface area (Å²) in [6, 6.07) is 9.28. The molecule has 2 unspecified atom stereocenters. The van der Waals surface area contributed by atoms with Gasteiger partial charge in [0.25, 0.3) is 0 Å². The lowest BCUT2D eigenvalue weighted by molar-refractivity contribution is -0.138. The Balaban J connectivity index is 0. The van der Waals surface area contributed by atoms with Crippen molar-refractivity contribution in [3.8, 4) is 17.2 Å². The Morgan fingerprint density at radius 3 is 1.93 bits per heavy atom. The van der Waals surface area contributed by atoms with E-state index in [2.05, 4.69) is 10.2 Å². The highest BCUT2D eigenvalue weighted by Gasteiger charge is 2.21. The van der Waals surface area contributed by atoms with Crippen molar-refractivity contribution in [2.75, 3.05) is 47.5 Å². The zero-order chi connectivity index (χ0) is 31.6. The van der Waals surface area contributed by atoms with Gasteiger partial charge in [0.05, 0.1) is 21.3 Å². The van der Waals surface area contributed by atoms with E-state index in [1.165, 1.54) is 58.4 Å². The van der Waals surface area contributed by atoms with Crippen LogP contribution in [0.4, 0.5) is 8.78 Å². The average molecular weight is 657 g/mol. The highest BCUT2D eigenvalue weighted by atomic mass is 19.1. The van der Waals surface area contributed by atoms with E-state index in [1.807, 2.05) is 0 Å². The molecule has 0 aliphatic carbocycles. The first-order valence-electron chi connectivity index (χ1n) is 14.7. The lowest BCUT2D eigenvalue weighted by Crippen LogP contribution is -2.35. The van der Waals surface area contributed by atoms with Gasteiger partial charge in [-0.1, -0.05) is 28.3 Å². The van der Waals surface area contributed by atoms with E-state index >= 15 is 0 Å². The summed E-state index contributed by atoms with van der Waals surface area (Å²) < 4.78 is 40.7. The van der Waals surface area contributed by atoms with Crippen LogP contribution in [-0.4, -0.2) is 74.6 Å². The molecule has 0 aromatic heterocycles. The zero-order valence-electron chi connectivity index (χ0n) is 25.5. The van der Waals surface area contributed by atoms with Gasteiger partial charge in [-0.2, -0.15) is 0 Å². The van der Waals surface area contributed by atoms with Crippen molar-refractivity contribution >= 4 is 11.9 Å². The Bertz CT molecular complexity index is 1130. The fourth-order valence-electron chi connectivity index (χ4n) is 5.18. The summed E-state index contributed by atoms with van der Waals surface area (Å²) in [5.74, 6) is -0.0323. The molecule has 0 amide bonds. The maximum absolute atomic E-state index is 13.4. The molecule has 2 fully saturated rings. The number of aliphatic carboxylic acids is 2. The van der Waals surface area contributed by atoms with Gasteiger partial charge in [-0.3, -0.25) is 14.5 Å². The highest BCUT2D eigenvalue weighted by molar-refractivity contribution is 5.66. The Kier molecular flexibility index (Phi) is 24.0. The number of hydrogen-bond acceptors (Lipinski definition) is 7. The number of carboxylic acids is 2. The molecule has 9 nitrogen and oxygen atoms in total. The number of carboxylic acid groups (broad SMARTS) is 2. The summed E-state index contributed by atoms with van der Waals surface area (Å²) in [5, 5.41) is 20.5. The summed E-state index contributed by atoms with van der Waals surface area (Å²) in [7, 11) is 4.40. The van der Waals surface area contributed by atoms with Crippen LogP contribution in [0.5, 0.6) is 17.2 Å². The Labute approximate surface area is 275 Å². The second-order valence-corrected chi connectivity index (χ2v) is 10.8. The van der Waals surface area contributed by atoms with Gasteiger partial charge >= 0.3 is 11.9 Å². The molecule has 2 aromatic rings. The van der Waals surface area contributed by atoms with E-state index in [9.17, 15) is 18.4 Å². The second-order valence-electron chi connectivity index (χ2n) is 10.8. The van der Waals surface area contributed by atoms with Crippen molar-refractivity contribution < 1.29 is 42.8 Å². The van der Waals surface area contributed by atoms with E-state index in [4.69, 9.17) is 24.4 Å². The molecule has 2 heterocycles. The number of rotatable bonds is 11. The number of methoxy groups -OCH3 is 3. The standard InChI is InChI=1S/C16H22FNO3.C8H9FO2.C8H15NO2.3CH4/c1-21-15-9-13(4-6-14(15)17)11-18-8-2-3-12(10-18)5-7-16(19)20;1-10-6-3-4-7(9)8(5-6)11-2;10-8(11)4-3-7-2-1-5-9-6-7;;;/h4,6,9,12H,2-3,5,7-8,10-11H2,1H3,(H,19,20);3-5H,1-2H3;7,9H,1-6H2,(H,10,11);3*1H4. The quantitative estimate of drug-likeness (QED) is 0.226. The van der Waals surface area contributed by atoms with Gasteiger partial charge in [-0.15, -0.1) is 0 Å². The van der Waals surface area contributed by atoms with Gasteiger partial charge in [0.2, 0.25) is 0 Å². The molecule has 0 saturated carbocycles. The first-order chi connectivity index (χ1) is 20.6. The molecular weight excluding hydrogens is 598 g/mol. The van der Waals surface area contributed by atoms with E-state index in [0.29, 0.717) is 24.0 Å². The third kappa shape index (κ3) is 17.3. The molecule has 2 atom stereocenters. The third-order valence-corrected chi connectivity index (χ3v) is 7.51. The van der Waals surface area contributed by atoms with Crippen LogP contribution in [0.1, 0.15) is 79.2 Å². The SMILES string of the molecule is C.C.C.COc1cc(CN2CCCC(CCC(=O)O)C2)ccc1F.COc1ccc(F)c(OC)c1.O=C(O)CCC1CCCNC1. The minimum Gasteiger partial charge on any atom is -0.497 e. The predicted octanol–water partition coefficient (Wildman–Crippen LogP) is 7.51. The average Bonchev–Trinajstić information content (AvgIpc) is 3.01. The molecule has 2 saturated heterocycles. The molecule has 2 aliphatic heterocycles. The van der Waals surface area contributed by atoms with Crippen LogP contribution in [0.25, 0.3) is 0 Å². The van der Waals surface area contributed by atoms with Crippen molar-refractivity contribution in [1.82, 2.24) is 10.2 Å². The smallest absolute Gasteiger partial charge is 0.303 e. The number of benzene rings is 2. The van der Waals surface area contributed by atoms with Gasteiger partial charge in [-0.25, -0.2) is 8.78 Å². The van der Waals surface area contributed by atoms with Crippen molar-refractivity contribution in [1.29, 1.82) is 0 Å². The topological polar surface area (TPSA) is 118 Å². The first-order valence-corrected chi connectivity index (χ1v) is 14.7. The van der Waals surface area contributed by atoms with Crippen LogP contribution in [0.3, 0.4) is 0 Å².